The molecule has 0 amide bonds. The van der Waals surface area contributed by atoms with E-state index in [0.29, 0.717) is 36.3 Å². The summed E-state index contributed by atoms with van der Waals surface area (Å²) in [6, 6.07) is 15.1. The standard InChI is InChI=1S/C30H31F3O2/c1-3-5-6-24-13-11-23(19-35-24)22-12-14-25(27(31)18-22)20-7-9-21(10-8-20)26-15-16-28(34-17-4-2)30(33)29(26)32/h3,7-10,12,14-16,18,23-24H,1,4-6,11,13,17,19H2,2H3. The van der Waals surface area contributed by atoms with Crippen LogP contribution in [0.15, 0.2) is 67.3 Å². The number of ether oxygens (including phenoxy) is 2. The van der Waals surface area contributed by atoms with Gasteiger partial charge in [-0.1, -0.05) is 49.4 Å². The highest BCUT2D eigenvalue weighted by atomic mass is 19.2. The van der Waals surface area contributed by atoms with Crippen LogP contribution >= 0.6 is 0 Å². The minimum absolute atomic E-state index is 0.0949. The molecule has 0 aromatic heterocycles. The number of allylic oxidation sites excluding steroid dienone is 1. The lowest BCUT2D eigenvalue weighted by molar-refractivity contribution is -0.000212. The fraction of sp³-hybridized carbons (Fsp3) is 0.333. The van der Waals surface area contributed by atoms with Gasteiger partial charge < -0.3 is 9.47 Å². The van der Waals surface area contributed by atoms with Crippen molar-refractivity contribution in [2.24, 2.45) is 0 Å². The Morgan fingerprint density at radius 3 is 2.29 bits per heavy atom. The first-order valence-electron chi connectivity index (χ1n) is 12.2. The van der Waals surface area contributed by atoms with Gasteiger partial charge in [0, 0.05) is 17.0 Å². The number of hydrogen-bond donors (Lipinski definition) is 0. The summed E-state index contributed by atoms with van der Waals surface area (Å²) in [6.45, 7) is 6.57. The van der Waals surface area contributed by atoms with Crippen LogP contribution in [0.25, 0.3) is 22.3 Å². The molecule has 0 aliphatic carbocycles. The van der Waals surface area contributed by atoms with Crippen molar-refractivity contribution in [3.63, 3.8) is 0 Å². The van der Waals surface area contributed by atoms with Crippen LogP contribution in [-0.4, -0.2) is 19.3 Å². The molecule has 0 bridgehead atoms. The monoisotopic (exact) mass is 480 g/mol. The summed E-state index contributed by atoms with van der Waals surface area (Å²) in [7, 11) is 0. The average molecular weight is 481 g/mol. The Morgan fingerprint density at radius 2 is 1.66 bits per heavy atom. The van der Waals surface area contributed by atoms with E-state index in [1.165, 1.54) is 12.1 Å². The van der Waals surface area contributed by atoms with Crippen molar-refractivity contribution < 1.29 is 22.6 Å². The summed E-state index contributed by atoms with van der Waals surface area (Å²) in [4.78, 5) is 0. The molecule has 1 saturated heterocycles. The second kappa shape index (κ2) is 11.6. The Labute approximate surface area is 205 Å². The first-order chi connectivity index (χ1) is 17.0. The molecule has 0 saturated carbocycles. The average Bonchev–Trinajstić information content (AvgIpc) is 2.89. The van der Waals surface area contributed by atoms with Crippen LogP contribution in [0, 0.1) is 17.5 Å². The highest BCUT2D eigenvalue weighted by Gasteiger charge is 2.23. The van der Waals surface area contributed by atoms with Crippen molar-refractivity contribution in [3.05, 3.63) is 90.3 Å². The van der Waals surface area contributed by atoms with Crippen molar-refractivity contribution in [3.8, 4) is 28.0 Å². The smallest absolute Gasteiger partial charge is 0.201 e. The molecule has 1 fully saturated rings. The zero-order valence-electron chi connectivity index (χ0n) is 20.0. The molecule has 4 rings (SSSR count). The molecule has 2 nitrogen and oxygen atoms in total. The van der Waals surface area contributed by atoms with Crippen LogP contribution in [-0.2, 0) is 4.74 Å². The molecule has 184 valence electrons. The van der Waals surface area contributed by atoms with Crippen LogP contribution < -0.4 is 4.74 Å². The van der Waals surface area contributed by atoms with Gasteiger partial charge in [0.15, 0.2) is 11.6 Å². The number of benzene rings is 3. The Morgan fingerprint density at radius 1 is 0.943 bits per heavy atom. The zero-order valence-corrected chi connectivity index (χ0v) is 20.0. The molecule has 35 heavy (non-hydrogen) atoms. The van der Waals surface area contributed by atoms with E-state index in [0.717, 1.165) is 31.2 Å². The van der Waals surface area contributed by atoms with E-state index in [-0.39, 0.29) is 29.2 Å². The van der Waals surface area contributed by atoms with Gasteiger partial charge in [-0.2, -0.15) is 4.39 Å². The third kappa shape index (κ3) is 5.79. The lowest BCUT2D eigenvalue weighted by atomic mass is 9.89. The van der Waals surface area contributed by atoms with Gasteiger partial charge in [-0.05, 0) is 67.0 Å². The fourth-order valence-corrected chi connectivity index (χ4v) is 4.53. The Balaban J connectivity index is 1.47. The largest absolute Gasteiger partial charge is 0.490 e. The van der Waals surface area contributed by atoms with Crippen LogP contribution in [0.3, 0.4) is 0 Å². The molecule has 0 spiro atoms. The van der Waals surface area contributed by atoms with Crippen molar-refractivity contribution in [2.75, 3.05) is 13.2 Å². The lowest BCUT2D eigenvalue weighted by Gasteiger charge is -2.29. The molecule has 5 heteroatoms. The van der Waals surface area contributed by atoms with E-state index < -0.39 is 11.6 Å². The van der Waals surface area contributed by atoms with E-state index >= 15 is 4.39 Å². The first-order valence-corrected chi connectivity index (χ1v) is 12.2. The van der Waals surface area contributed by atoms with Gasteiger partial charge in [-0.3, -0.25) is 0 Å². The maximum atomic E-state index is 15.0. The minimum atomic E-state index is -1.000. The molecule has 0 radical (unpaired) electrons. The lowest BCUT2D eigenvalue weighted by Crippen LogP contribution is -2.24. The second-order valence-corrected chi connectivity index (χ2v) is 9.00. The van der Waals surface area contributed by atoms with Gasteiger partial charge >= 0.3 is 0 Å². The first kappa shape index (κ1) is 25.1. The summed E-state index contributed by atoms with van der Waals surface area (Å²) in [5.74, 6) is -2.17. The maximum absolute atomic E-state index is 15.0. The molecule has 2 atom stereocenters. The van der Waals surface area contributed by atoms with Crippen LogP contribution in [0.5, 0.6) is 5.75 Å². The Bertz CT molecular complexity index is 1150. The maximum Gasteiger partial charge on any atom is 0.201 e. The minimum Gasteiger partial charge on any atom is -0.490 e. The second-order valence-electron chi connectivity index (χ2n) is 9.00. The van der Waals surface area contributed by atoms with Crippen LogP contribution in [0.2, 0.25) is 0 Å². The molecular formula is C30H31F3O2. The zero-order chi connectivity index (χ0) is 24.8. The molecular weight excluding hydrogens is 449 g/mol. The SMILES string of the molecule is C=CCCC1CCC(c2ccc(-c3ccc(-c4ccc(OCCC)c(F)c4F)cc3)c(F)c2)CO1. The van der Waals surface area contributed by atoms with Gasteiger partial charge in [0.25, 0.3) is 0 Å². The van der Waals surface area contributed by atoms with E-state index in [4.69, 9.17) is 9.47 Å². The third-order valence-corrected chi connectivity index (χ3v) is 6.54. The Hall–Kier alpha value is -3.05. The summed E-state index contributed by atoms with van der Waals surface area (Å²) in [6.07, 6.45) is 6.72. The van der Waals surface area contributed by atoms with Crippen molar-refractivity contribution in [1.29, 1.82) is 0 Å². The highest BCUT2D eigenvalue weighted by molar-refractivity contribution is 5.71. The van der Waals surface area contributed by atoms with Gasteiger partial charge in [-0.25, -0.2) is 8.78 Å². The number of rotatable bonds is 9. The van der Waals surface area contributed by atoms with Crippen molar-refractivity contribution in [1.82, 2.24) is 0 Å². The quantitative estimate of drug-likeness (QED) is 0.286. The third-order valence-electron chi connectivity index (χ3n) is 6.54. The molecule has 1 heterocycles. The summed E-state index contributed by atoms with van der Waals surface area (Å²) in [5, 5.41) is 0. The molecule has 0 N–H and O–H groups in total. The summed E-state index contributed by atoms with van der Waals surface area (Å²) < 4.78 is 55.3. The molecule has 1 aliphatic rings. The summed E-state index contributed by atoms with van der Waals surface area (Å²) in [5.41, 5.74) is 2.72. The van der Waals surface area contributed by atoms with Gasteiger partial charge in [0.05, 0.1) is 19.3 Å². The van der Waals surface area contributed by atoms with Gasteiger partial charge in [0.1, 0.15) is 5.82 Å². The molecule has 2 unspecified atom stereocenters. The predicted octanol–water partition coefficient (Wildman–Crippen LogP) is 8.46. The predicted molar refractivity (Wildman–Crippen MR) is 134 cm³/mol. The van der Waals surface area contributed by atoms with Gasteiger partial charge in [-0.15, -0.1) is 6.58 Å². The van der Waals surface area contributed by atoms with Crippen LogP contribution in [0.1, 0.15) is 50.5 Å². The fourth-order valence-electron chi connectivity index (χ4n) is 4.53. The topological polar surface area (TPSA) is 18.5 Å². The van der Waals surface area contributed by atoms with Crippen LogP contribution in [0.4, 0.5) is 13.2 Å². The normalized spacial score (nSPS) is 17.8. The highest BCUT2D eigenvalue weighted by Crippen LogP contribution is 2.34. The van der Waals surface area contributed by atoms with Crippen molar-refractivity contribution in [2.45, 2.75) is 51.0 Å². The number of hydrogen-bond acceptors (Lipinski definition) is 2. The molecule has 3 aromatic rings. The van der Waals surface area contributed by atoms with E-state index in [2.05, 4.69) is 6.58 Å². The Kier molecular flexibility index (Phi) is 8.29. The van der Waals surface area contributed by atoms with Crippen molar-refractivity contribution >= 4 is 0 Å². The molecule has 3 aromatic carbocycles. The van der Waals surface area contributed by atoms with E-state index in [1.807, 2.05) is 19.1 Å². The van der Waals surface area contributed by atoms with Gasteiger partial charge in [0.2, 0.25) is 5.82 Å². The van der Waals surface area contributed by atoms with E-state index in [9.17, 15) is 8.78 Å². The number of halogens is 3. The summed E-state index contributed by atoms with van der Waals surface area (Å²) >= 11 is 0. The molecule has 1 aliphatic heterocycles. The van der Waals surface area contributed by atoms with E-state index in [1.54, 1.807) is 36.4 Å².